The first-order valence-corrected chi connectivity index (χ1v) is 9.70. The third kappa shape index (κ3) is 3.11. The molecule has 0 saturated carbocycles. The second kappa shape index (κ2) is 7.69. The van der Waals surface area contributed by atoms with Crippen molar-refractivity contribution in [2.24, 2.45) is 19.2 Å². The van der Waals surface area contributed by atoms with Gasteiger partial charge >= 0.3 is 0 Å². The Morgan fingerprint density at radius 2 is 1.25 bits per heavy atom. The third-order valence-corrected chi connectivity index (χ3v) is 5.47. The minimum atomic E-state index is -0.940. The van der Waals surface area contributed by atoms with Crippen LogP contribution in [0.25, 0.3) is 21.8 Å². The summed E-state index contributed by atoms with van der Waals surface area (Å²) in [7, 11) is 3.06. The zero-order valence-corrected chi connectivity index (χ0v) is 17.6. The Morgan fingerprint density at radius 1 is 0.812 bits per heavy atom. The maximum atomic E-state index is 12.8. The first-order chi connectivity index (χ1) is 15.2. The average molecular weight is 432 g/mol. The molecule has 3 N–H and O–H groups in total. The van der Waals surface area contributed by atoms with E-state index in [9.17, 15) is 24.6 Å². The van der Waals surface area contributed by atoms with Crippen LogP contribution >= 0.6 is 0 Å². The van der Waals surface area contributed by atoms with Crippen LogP contribution in [-0.2, 0) is 14.1 Å². The highest BCUT2D eigenvalue weighted by Crippen LogP contribution is 2.27. The maximum Gasteiger partial charge on any atom is 0.280 e. The van der Waals surface area contributed by atoms with Gasteiger partial charge in [-0.25, -0.2) is 5.43 Å². The van der Waals surface area contributed by atoms with Gasteiger partial charge < -0.3 is 19.3 Å². The SMILES string of the molecule is C/C(=N\NC(=O)c1c(O)c2ccccc2n(C)c1=O)c1c(O)c2ccccc2n(C)c1=O. The molecular weight excluding hydrogens is 412 g/mol. The Labute approximate surface area is 181 Å². The van der Waals surface area contributed by atoms with Crippen molar-refractivity contribution in [3.63, 3.8) is 0 Å². The quantitative estimate of drug-likeness (QED) is 0.337. The first kappa shape index (κ1) is 20.9. The summed E-state index contributed by atoms with van der Waals surface area (Å²) in [5.74, 6) is -1.66. The number of hydrazone groups is 1. The summed E-state index contributed by atoms with van der Waals surface area (Å²) < 4.78 is 2.63. The standard InChI is InChI=1S/C23H20N4O5/c1-12(17-19(28)13-8-4-6-10-15(13)26(2)22(17)31)24-25-21(30)18-20(29)14-9-5-7-11-16(14)27(3)23(18)32/h4-11,28-29H,1-3H3,(H,25,30)/b24-12+. The summed E-state index contributed by atoms with van der Waals surface area (Å²) in [6.07, 6.45) is 0. The van der Waals surface area contributed by atoms with E-state index in [0.717, 1.165) is 0 Å². The number of nitrogens with zero attached hydrogens (tertiary/aromatic N) is 3. The van der Waals surface area contributed by atoms with Crippen LogP contribution in [0.1, 0.15) is 22.8 Å². The molecule has 9 heteroatoms. The van der Waals surface area contributed by atoms with Crippen LogP contribution in [0, 0.1) is 0 Å². The molecule has 0 aliphatic rings. The number of rotatable bonds is 3. The van der Waals surface area contributed by atoms with Crippen molar-refractivity contribution in [3.05, 3.63) is 80.4 Å². The van der Waals surface area contributed by atoms with E-state index in [1.54, 1.807) is 55.6 Å². The third-order valence-electron chi connectivity index (χ3n) is 5.47. The van der Waals surface area contributed by atoms with Gasteiger partial charge in [0.15, 0.2) is 0 Å². The summed E-state index contributed by atoms with van der Waals surface area (Å²) in [6, 6.07) is 13.5. The lowest BCUT2D eigenvalue weighted by Gasteiger charge is -2.12. The fraction of sp³-hybridized carbons (Fsp3) is 0.130. The number of carbonyl (C=O) groups excluding carboxylic acids is 1. The lowest BCUT2D eigenvalue weighted by atomic mass is 10.1. The summed E-state index contributed by atoms with van der Waals surface area (Å²) in [5, 5.41) is 25.9. The number of nitrogens with one attached hydrogen (secondary N) is 1. The molecule has 2 aromatic heterocycles. The molecule has 0 saturated heterocycles. The zero-order valence-electron chi connectivity index (χ0n) is 17.6. The highest BCUT2D eigenvalue weighted by atomic mass is 16.3. The van der Waals surface area contributed by atoms with Gasteiger partial charge in [-0.3, -0.25) is 14.4 Å². The van der Waals surface area contributed by atoms with Gasteiger partial charge in [0, 0.05) is 24.9 Å². The molecule has 0 atom stereocenters. The minimum absolute atomic E-state index is 0.0410. The molecule has 0 aliphatic carbocycles. The van der Waals surface area contributed by atoms with Crippen LogP contribution in [0.3, 0.4) is 0 Å². The number of pyridine rings is 2. The molecular formula is C23H20N4O5. The molecule has 0 spiro atoms. The minimum Gasteiger partial charge on any atom is -0.506 e. The van der Waals surface area contributed by atoms with Gasteiger partial charge in [-0.1, -0.05) is 24.3 Å². The number of carbonyl (C=O) groups is 1. The molecule has 0 aliphatic heterocycles. The number of para-hydroxylation sites is 2. The van der Waals surface area contributed by atoms with Gasteiger partial charge in [0.1, 0.15) is 22.6 Å². The van der Waals surface area contributed by atoms with Crippen molar-refractivity contribution in [2.45, 2.75) is 6.92 Å². The molecule has 0 bridgehead atoms. The number of amides is 1. The molecule has 162 valence electrons. The fourth-order valence-corrected chi connectivity index (χ4v) is 3.74. The van der Waals surface area contributed by atoms with E-state index in [1.807, 2.05) is 0 Å². The number of benzene rings is 2. The second-order valence-electron chi connectivity index (χ2n) is 7.35. The molecule has 4 aromatic rings. The Morgan fingerprint density at radius 3 is 1.78 bits per heavy atom. The summed E-state index contributed by atoms with van der Waals surface area (Å²) in [4.78, 5) is 38.2. The Bertz CT molecular complexity index is 1560. The van der Waals surface area contributed by atoms with Crippen LogP contribution < -0.4 is 16.5 Å². The van der Waals surface area contributed by atoms with Crippen molar-refractivity contribution in [1.82, 2.24) is 14.6 Å². The highest BCUT2D eigenvalue weighted by molar-refractivity contribution is 6.07. The number of hydrogen-bond donors (Lipinski definition) is 3. The number of hydrogen-bond acceptors (Lipinski definition) is 6. The van der Waals surface area contributed by atoms with E-state index in [0.29, 0.717) is 21.8 Å². The normalized spacial score (nSPS) is 11.8. The lowest BCUT2D eigenvalue weighted by Crippen LogP contribution is -2.31. The smallest absolute Gasteiger partial charge is 0.280 e. The van der Waals surface area contributed by atoms with Gasteiger partial charge in [0.25, 0.3) is 17.0 Å². The molecule has 9 nitrogen and oxygen atoms in total. The summed E-state index contributed by atoms with van der Waals surface area (Å²) >= 11 is 0. The van der Waals surface area contributed by atoms with Crippen molar-refractivity contribution >= 4 is 33.4 Å². The van der Waals surface area contributed by atoms with Crippen LogP contribution in [0.4, 0.5) is 0 Å². The van der Waals surface area contributed by atoms with Crippen LogP contribution in [0.2, 0.25) is 0 Å². The lowest BCUT2D eigenvalue weighted by molar-refractivity contribution is 0.0950. The molecule has 0 unspecified atom stereocenters. The van der Waals surface area contributed by atoms with Gasteiger partial charge in [-0.15, -0.1) is 0 Å². The van der Waals surface area contributed by atoms with E-state index in [1.165, 1.54) is 23.1 Å². The van der Waals surface area contributed by atoms with Crippen molar-refractivity contribution < 1.29 is 15.0 Å². The Kier molecular flexibility index (Phi) is 5.01. The Balaban J connectivity index is 1.78. The molecule has 1 amide bonds. The van der Waals surface area contributed by atoms with Gasteiger partial charge in [0.2, 0.25) is 0 Å². The number of fused-ring (bicyclic) bond motifs is 2. The van der Waals surface area contributed by atoms with E-state index < -0.39 is 28.3 Å². The van der Waals surface area contributed by atoms with Crippen molar-refractivity contribution in [1.29, 1.82) is 0 Å². The zero-order chi connectivity index (χ0) is 23.2. The molecule has 0 fully saturated rings. The van der Waals surface area contributed by atoms with Crippen LogP contribution in [0.15, 0.2) is 63.2 Å². The Hall–Kier alpha value is -4.40. The molecule has 2 heterocycles. The molecule has 2 aromatic carbocycles. The van der Waals surface area contributed by atoms with E-state index >= 15 is 0 Å². The maximum absolute atomic E-state index is 12.8. The average Bonchev–Trinajstić information content (AvgIpc) is 2.80. The predicted octanol–water partition coefficient (Wildman–Crippen LogP) is 1.96. The van der Waals surface area contributed by atoms with E-state index in [-0.39, 0.29) is 17.0 Å². The monoisotopic (exact) mass is 432 g/mol. The molecule has 0 radical (unpaired) electrons. The second-order valence-corrected chi connectivity index (χ2v) is 7.35. The highest BCUT2D eigenvalue weighted by Gasteiger charge is 2.22. The fourth-order valence-electron chi connectivity index (χ4n) is 3.74. The summed E-state index contributed by atoms with van der Waals surface area (Å²) in [5.41, 5.74) is 1.51. The van der Waals surface area contributed by atoms with Gasteiger partial charge in [-0.05, 0) is 31.2 Å². The van der Waals surface area contributed by atoms with Crippen LogP contribution in [0.5, 0.6) is 11.5 Å². The predicted molar refractivity (Wildman–Crippen MR) is 121 cm³/mol. The van der Waals surface area contributed by atoms with Gasteiger partial charge in [-0.2, -0.15) is 5.10 Å². The van der Waals surface area contributed by atoms with Gasteiger partial charge in [0.05, 0.1) is 16.7 Å². The number of aromatic hydroxyl groups is 2. The number of aryl methyl sites for hydroxylation is 2. The largest absolute Gasteiger partial charge is 0.506 e. The van der Waals surface area contributed by atoms with Crippen molar-refractivity contribution in [3.8, 4) is 11.5 Å². The molecule has 4 rings (SSSR count). The molecule has 32 heavy (non-hydrogen) atoms. The van der Waals surface area contributed by atoms with E-state index in [2.05, 4.69) is 10.5 Å². The summed E-state index contributed by atoms with van der Waals surface area (Å²) in [6.45, 7) is 1.45. The number of aromatic nitrogens is 2. The van der Waals surface area contributed by atoms with Crippen molar-refractivity contribution in [2.75, 3.05) is 0 Å². The van der Waals surface area contributed by atoms with E-state index in [4.69, 9.17) is 0 Å². The van der Waals surface area contributed by atoms with Crippen LogP contribution in [-0.4, -0.2) is 31.0 Å². The first-order valence-electron chi connectivity index (χ1n) is 9.70. The topological polar surface area (TPSA) is 126 Å².